The minimum absolute atomic E-state index is 0.0359. The number of hydrogen-bond acceptors (Lipinski definition) is 7. The molecule has 1 saturated heterocycles. The van der Waals surface area contributed by atoms with Crippen molar-refractivity contribution in [3.63, 3.8) is 0 Å². The minimum Gasteiger partial charge on any atom is -0.385 e. The SMILES string of the molecule is CC[C@@H](C[C@@H](CC)N(CC(C)C)C(O)C(C=NCC(C)(C)C)C(NC)NCCCOC)C(=O)N1CCC(C2CC=CCC2)CC1. The smallest absolute Gasteiger partial charge is 0.225 e. The van der Waals surface area contributed by atoms with Crippen LogP contribution in [0.5, 0.6) is 0 Å². The first-order valence-corrected chi connectivity index (χ1v) is 18.2. The van der Waals surface area contributed by atoms with Crippen LogP contribution in [0.25, 0.3) is 0 Å². The molecule has 4 unspecified atom stereocenters. The van der Waals surface area contributed by atoms with E-state index >= 15 is 0 Å². The summed E-state index contributed by atoms with van der Waals surface area (Å²) < 4.78 is 5.26. The summed E-state index contributed by atoms with van der Waals surface area (Å²) in [6.45, 7) is 20.0. The average Bonchev–Trinajstić information content (AvgIpc) is 3.02. The molecule has 0 aromatic carbocycles. The molecule has 1 aliphatic carbocycles. The van der Waals surface area contributed by atoms with Gasteiger partial charge in [0.05, 0.1) is 12.1 Å². The van der Waals surface area contributed by atoms with Crippen molar-refractivity contribution in [1.82, 2.24) is 20.4 Å². The van der Waals surface area contributed by atoms with E-state index in [2.05, 4.69) is 81.1 Å². The second kappa shape index (κ2) is 20.8. The number of allylic oxidation sites excluding steroid dienone is 2. The molecule has 1 heterocycles. The Morgan fingerprint density at radius 1 is 1.13 bits per heavy atom. The van der Waals surface area contributed by atoms with E-state index in [1.165, 1.54) is 19.3 Å². The number of aliphatic imine (C=N–C) groups is 1. The van der Waals surface area contributed by atoms with Gasteiger partial charge in [-0.25, -0.2) is 0 Å². The maximum atomic E-state index is 14.0. The van der Waals surface area contributed by atoms with E-state index < -0.39 is 6.23 Å². The van der Waals surface area contributed by atoms with Gasteiger partial charge in [0.15, 0.2) is 0 Å². The van der Waals surface area contributed by atoms with Gasteiger partial charge >= 0.3 is 0 Å². The molecule has 0 aromatic rings. The van der Waals surface area contributed by atoms with Crippen molar-refractivity contribution in [2.45, 2.75) is 125 Å². The fourth-order valence-corrected chi connectivity index (χ4v) is 7.21. The predicted molar refractivity (Wildman–Crippen MR) is 189 cm³/mol. The van der Waals surface area contributed by atoms with Crippen molar-refractivity contribution >= 4 is 12.1 Å². The Hall–Kier alpha value is -1.32. The number of likely N-dealkylation sites (tertiary alicyclic amines) is 1. The van der Waals surface area contributed by atoms with Gasteiger partial charge in [0.1, 0.15) is 6.23 Å². The van der Waals surface area contributed by atoms with Gasteiger partial charge in [0.25, 0.3) is 0 Å². The zero-order chi connectivity index (χ0) is 33.4. The van der Waals surface area contributed by atoms with Crippen molar-refractivity contribution in [2.24, 2.45) is 40.0 Å². The molecule has 3 N–H and O–H groups in total. The van der Waals surface area contributed by atoms with E-state index in [1.807, 2.05) is 13.3 Å². The third-order valence-corrected chi connectivity index (χ3v) is 9.86. The van der Waals surface area contributed by atoms with Gasteiger partial charge in [-0.05, 0) is 94.5 Å². The largest absolute Gasteiger partial charge is 0.385 e. The quantitative estimate of drug-likeness (QED) is 0.0664. The van der Waals surface area contributed by atoms with Crippen LogP contribution in [0.15, 0.2) is 17.1 Å². The second-order valence-corrected chi connectivity index (χ2v) is 15.3. The van der Waals surface area contributed by atoms with E-state index in [1.54, 1.807) is 7.11 Å². The van der Waals surface area contributed by atoms with Gasteiger partial charge in [-0.1, -0.05) is 60.6 Å². The van der Waals surface area contributed by atoms with Crippen LogP contribution in [-0.4, -0.2) is 99.0 Å². The van der Waals surface area contributed by atoms with Gasteiger partial charge < -0.3 is 25.4 Å². The van der Waals surface area contributed by atoms with Crippen LogP contribution in [0.4, 0.5) is 0 Å². The van der Waals surface area contributed by atoms with E-state index in [4.69, 9.17) is 9.73 Å². The van der Waals surface area contributed by atoms with E-state index in [9.17, 15) is 9.90 Å². The molecule has 6 atom stereocenters. The van der Waals surface area contributed by atoms with Gasteiger partial charge in [0.2, 0.25) is 5.91 Å². The van der Waals surface area contributed by atoms with Crippen LogP contribution >= 0.6 is 0 Å². The Morgan fingerprint density at radius 2 is 1.84 bits per heavy atom. The summed E-state index contributed by atoms with van der Waals surface area (Å²) in [7, 11) is 3.66. The Labute approximate surface area is 277 Å². The fraction of sp³-hybridized carbons (Fsp3) is 0.892. The highest BCUT2D eigenvalue weighted by Crippen LogP contribution is 2.34. The normalized spacial score (nSPS) is 21.9. The van der Waals surface area contributed by atoms with Crippen molar-refractivity contribution in [3.05, 3.63) is 12.2 Å². The van der Waals surface area contributed by atoms with E-state index in [0.29, 0.717) is 25.0 Å². The monoisotopic (exact) mass is 634 g/mol. The molecule has 2 aliphatic rings. The molecule has 0 radical (unpaired) electrons. The number of nitrogens with one attached hydrogen (secondary N) is 2. The Kier molecular flexibility index (Phi) is 18.4. The van der Waals surface area contributed by atoms with Crippen LogP contribution in [0.3, 0.4) is 0 Å². The summed E-state index contributed by atoms with van der Waals surface area (Å²) in [4.78, 5) is 23.2. The van der Waals surface area contributed by atoms with E-state index in [0.717, 1.165) is 76.5 Å². The summed E-state index contributed by atoms with van der Waals surface area (Å²) in [5.41, 5.74) is 0.0627. The number of methoxy groups -OCH3 is 1. The van der Waals surface area contributed by atoms with Crippen LogP contribution in [0.1, 0.15) is 106 Å². The number of carbonyl (C=O) groups is 1. The zero-order valence-electron chi connectivity index (χ0n) is 30.6. The molecule has 1 amide bonds. The number of hydrogen-bond donors (Lipinski definition) is 3. The van der Waals surface area contributed by atoms with Crippen LogP contribution in [0.2, 0.25) is 0 Å². The van der Waals surface area contributed by atoms with Crippen LogP contribution < -0.4 is 10.6 Å². The maximum Gasteiger partial charge on any atom is 0.225 e. The summed E-state index contributed by atoms with van der Waals surface area (Å²) in [5.74, 6) is 1.92. The molecular formula is C37H71N5O3. The van der Waals surface area contributed by atoms with Crippen LogP contribution in [-0.2, 0) is 9.53 Å². The highest BCUT2D eigenvalue weighted by atomic mass is 16.5. The molecular weight excluding hydrogens is 562 g/mol. The number of ether oxygens (including phenoxy) is 1. The zero-order valence-corrected chi connectivity index (χ0v) is 30.6. The lowest BCUT2D eigenvalue weighted by Gasteiger charge is -2.43. The topological polar surface area (TPSA) is 89.4 Å². The summed E-state index contributed by atoms with van der Waals surface area (Å²) in [6, 6.07) is 0.0902. The Balaban J connectivity index is 2.22. The lowest BCUT2D eigenvalue weighted by molar-refractivity contribution is -0.139. The van der Waals surface area contributed by atoms with Gasteiger partial charge in [0, 0.05) is 58.1 Å². The fourth-order valence-electron chi connectivity index (χ4n) is 7.21. The molecule has 1 aliphatic heterocycles. The van der Waals surface area contributed by atoms with Crippen molar-refractivity contribution in [2.75, 3.05) is 53.5 Å². The number of rotatable bonds is 20. The van der Waals surface area contributed by atoms with Gasteiger partial charge in [-0.15, -0.1) is 0 Å². The molecule has 2 rings (SSSR count). The first kappa shape index (κ1) is 39.9. The summed E-state index contributed by atoms with van der Waals surface area (Å²) in [5, 5.41) is 19.2. The molecule has 0 bridgehead atoms. The summed E-state index contributed by atoms with van der Waals surface area (Å²) in [6.07, 6.45) is 15.1. The summed E-state index contributed by atoms with van der Waals surface area (Å²) >= 11 is 0. The molecule has 262 valence electrons. The van der Waals surface area contributed by atoms with Crippen LogP contribution in [0, 0.1) is 35.0 Å². The minimum atomic E-state index is -0.749. The molecule has 45 heavy (non-hydrogen) atoms. The molecule has 0 aromatic heterocycles. The number of nitrogens with zero attached hydrogens (tertiary/aromatic N) is 3. The molecule has 0 spiro atoms. The van der Waals surface area contributed by atoms with E-state index in [-0.39, 0.29) is 29.5 Å². The van der Waals surface area contributed by atoms with Crippen molar-refractivity contribution < 1.29 is 14.6 Å². The number of aliphatic hydroxyl groups excluding tert-OH is 1. The number of amides is 1. The lowest BCUT2D eigenvalue weighted by Crippen LogP contribution is -2.58. The molecule has 1 fully saturated rings. The second-order valence-electron chi connectivity index (χ2n) is 15.3. The maximum absolute atomic E-state index is 14.0. The van der Waals surface area contributed by atoms with Gasteiger partial charge in [-0.2, -0.15) is 0 Å². The average molecular weight is 634 g/mol. The van der Waals surface area contributed by atoms with Gasteiger partial charge in [-0.3, -0.25) is 14.7 Å². The highest BCUT2D eigenvalue weighted by Gasteiger charge is 2.37. The lowest BCUT2D eigenvalue weighted by atomic mass is 9.77. The number of aliphatic hydroxyl groups is 1. The first-order valence-electron chi connectivity index (χ1n) is 18.2. The third kappa shape index (κ3) is 13.7. The third-order valence-electron chi connectivity index (χ3n) is 9.86. The molecule has 0 saturated carbocycles. The van der Waals surface area contributed by atoms with Crippen molar-refractivity contribution in [3.8, 4) is 0 Å². The van der Waals surface area contributed by atoms with Crippen molar-refractivity contribution in [1.29, 1.82) is 0 Å². The Morgan fingerprint density at radius 3 is 2.38 bits per heavy atom. The first-order chi connectivity index (χ1) is 21.4. The predicted octanol–water partition coefficient (Wildman–Crippen LogP) is 5.96. The molecule has 8 heteroatoms. The highest BCUT2D eigenvalue weighted by molar-refractivity contribution is 5.79. The standard InChI is InChI=1S/C37H71N5O3/c1-10-29(35(43)41-21-18-31(19-22-41)30-16-13-12-14-17-30)24-32(11-2)42(26-28(3)4)36(44)33(25-39-27-37(5,6)7)34(38-8)40-20-15-23-45-9/h12-13,25,28-34,36,38,40,44H,10-11,14-24,26-27H2,1-9H3/t29-,30?,32+,33?,34?,36?/m0/s1. The molecule has 8 nitrogen and oxygen atoms in total. The number of piperidine rings is 1. The number of carbonyl (C=O) groups excluding carboxylic acids is 1. The Bertz CT molecular complexity index is 865.